The number of ether oxygens (including phenoxy) is 1. The van der Waals surface area contributed by atoms with Gasteiger partial charge in [0.15, 0.2) is 0 Å². The molecule has 0 amide bonds. The number of carbonyl (C=O) groups is 1. The van der Waals surface area contributed by atoms with Crippen LogP contribution >= 0.6 is 0 Å². The van der Waals surface area contributed by atoms with Gasteiger partial charge >= 0.3 is 5.97 Å². The van der Waals surface area contributed by atoms with Crippen molar-refractivity contribution in [2.45, 2.75) is 20.0 Å². The van der Waals surface area contributed by atoms with Crippen LogP contribution in [0.15, 0.2) is 72.8 Å². The van der Waals surface area contributed by atoms with E-state index in [9.17, 15) is 9.18 Å². The molecule has 4 nitrogen and oxygen atoms in total. The molecule has 140 valence electrons. The van der Waals surface area contributed by atoms with Crippen LogP contribution < -0.4 is 0 Å². The van der Waals surface area contributed by atoms with E-state index in [0.29, 0.717) is 5.56 Å². The number of hydrogen-bond donors (Lipinski definition) is 0. The Morgan fingerprint density at radius 1 is 1.04 bits per heavy atom. The van der Waals surface area contributed by atoms with E-state index in [-0.39, 0.29) is 5.82 Å². The number of rotatable bonds is 4. The number of halogens is 1. The Labute approximate surface area is 162 Å². The van der Waals surface area contributed by atoms with Crippen molar-refractivity contribution < 1.29 is 13.9 Å². The van der Waals surface area contributed by atoms with Crippen molar-refractivity contribution in [1.82, 2.24) is 9.55 Å². The number of aromatic nitrogens is 2. The summed E-state index contributed by atoms with van der Waals surface area (Å²) < 4.78 is 20.7. The lowest BCUT2D eigenvalue weighted by Crippen LogP contribution is -2.09. The number of fused-ring (bicyclic) bond motifs is 1. The van der Waals surface area contributed by atoms with Crippen LogP contribution in [0, 0.1) is 12.7 Å². The first-order valence-corrected chi connectivity index (χ1v) is 9.04. The molecule has 4 aromatic rings. The Balaban J connectivity index is 1.61. The Morgan fingerprint density at radius 3 is 2.46 bits per heavy atom. The third kappa shape index (κ3) is 3.39. The molecule has 5 heteroatoms. The third-order valence-electron chi connectivity index (χ3n) is 4.70. The van der Waals surface area contributed by atoms with E-state index in [2.05, 4.69) is 4.98 Å². The van der Waals surface area contributed by atoms with Gasteiger partial charge in [0.25, 0.3) is 0 Å². The molecule has 0 N–H and O–H groups in total. The molecule has 4 rings (SSSR count). The minimum absolute atomic E-state index is 0.322. The van der Waals surface area contributed by atoms with Gasteiger partial charge in [0.2, 0.25) is 0 Å². The fraction of sp³-hybridized carbons (Fsp3) is 0.130. The Kier molecular flexibility index (Phi) is 4.65. The molecule has 1 atom stereocenters. The number of esters is 1. The second kappa shape index (κ2) is 7.27. The molecule has 0 saturated heterocycles. The molecule has 0 aliphatic carbocycles. The maximum Gasteiger partial charge on any atom is 0.338 e. The highest BCUT2D eigenvalue weighted by molar-refractivity contribution is 5.94. The van der Waals surface area contributed by atoms with Gasteiger partial charge in [-0.2, -0.15) is 0 Å². The van der Waals surface area contributed by atoms with Crippen LogP contribution in [0.3, 0.4) is 0 Å². The van der Waals surface area contributed by atoms with Gasteiger partial charge in [0, 0.05) is 5.69 Å². The van der Waals surface area contributed by atoms with Crippen LogP contribution in [-0.2, 0) is 4.74 Å². The second-order valence-corrected chi connectivity index (χ2v) is 6.63. The highest BCUT2D eigenvalue weighted by atomic mass is 19.1. The standard InChI is InChI=1S/C23H19FN2O2/c1-15(17-8-11-19(24)12-9-17)28-23(27)18-10-13-22-21(14-18)25-16(2)26(22)20-6-4-3-5-7-20/h3-15H,1-2H3. The number of aryl methyl sites for hydroxylation is 1. The summed E-state index contributed by atoms with van der Waals surface area (Å²) in [6.45, 7) is 3.69. The fourth-order valence-corrected chi connectivity index (χ4v) is 3.26. The second-order valence-electron chi connectivity index (χ2n) is 6.63. The zero-order valence-electron chi connectivity index (χ0n) is 15.6. The van der Waals surface area contributed by atoms with Crippen LogP contribution in [0.1, 0.15) is 34.8 Å². The molecule has 0 fully saturated rings. The molecule has 28 heavy (non-hydrogen) atoms. The predicted molar refractivity (Wildman–Crippen MR) is 106 cm³/mol. The van der Waals surface area contributed by atoms with Crippen molar-refractivity contribution in [3.8, 4) is 5.69 Å². The minimum atomic E-state index is -0.479. The van der Waals surface area contributed by atoms with E-state index in [4.69, 9.17) is 4.74 Å². The van der Waals surface area contributed by atoms with Crippen molar-refractivity contribution in [1.29, 1.82) is 0 Å². The first-order valence-electron chi connectivity index (χ1n) is 9.04. The lowest BCUT2D eigenvalue weighted by atomic mass is 10.1. The predicted octanol–water partition coefficient (Wildman–Crippen LogP) is 5.39. The number of carbonyl (C=O) groups excluding carboxylic acids is 1. The average Bonchev–Trinajstić information content (AvgIpc) is 3.03. The first-order chi connectivity index (χ1) is 13.5. The van der Waals surface area contributed by atoms with Crippen LogP contribution in [0.2, 0.25) is 0 Å². The van der Waals surface area contributed by atoms with E-state index >= 15 is 0 Å². The van der Waals surface area contributed by atoms with E-state index in [0.717, 1.165) is 28.1 Å². The summed E-state index contributed by atoms with van der Waals surface area (Å²) in [6.07, 6.45) is -0.479. The minimum Gasteiger partial charge on any atom is -0.454 e. The molecule has 1 unspecified atom stereocenters. The van der Waals surface area contributed by atoms with E-state index in [1.54, 1.807) is 31.2 Å². The number of para-hydroxylation sites is 1. The van der Waals surface area contributed by atoms with Gasteiger partial charge < -0.3 is 4.74 Å². The molecule has 0 saturated carbocycles. The van der Waals surface area contributed by atoms with Crippen LogP contribution in [0.4, 0.5) is 4.39 Å². The van der Waals surface area contributed by atoms with Crippen LogP contribution in [0.25, 0.3) is 16.7 Å². The van der Waals surface area contributed by atoms with Crippen molar-refractivity contribution in [3.05, 3.63) is 95.6 Å². The third-order valence-corrected chi connectivity index (χ3v) is 4.70. The average molecular weight is 374 g/mol. The monoisotopic (exact) mass is 374 g/mol. The smallest absolute Gasteiger partial charge is 0.338 e. The molecule has 0 spiro atoms. The number of benzene rings is 3. The molecule has 0 bridgehead atoms. The highest BCUT2D eigenvalue weighted by Gasteiger charge is 2.16. The highest BCUT2D eigenvalue weighted by Crippen LogP contribution is 2.24. The van der Waals surface area contributed by atoms with Crippen molar-refractivity contribution in [3.63, 3.8) is 0 Å². The summed E-state index contributed by atoms with van der Waals surface area (Å²) in [5, 5.41) is 0. The molecule has 0 aliphatic heterocycles. The van der Waals surface area contributed by atoms with E-state index < -0.39 is 12.1 Å². The molecule has 0 radical (unpaired) electrons. The lowest BCUT2D eigenvalue weighted by Gasteiger charge is -2.13. The van der Waals surface area contributed by atoms with E-state index in [1.165, 1.54) is 12.1 Å². The summed E-state index contributed by atoms with van der Waals surface area (Å²) in [4.78, 5) is 17.2. The van der Waals surface area contributed by atoms with Gasteiger partial charge in [-0.25, -0.2) is 14.2 Å². The first kappa shape index (κ1) is 17.9. The Bertz CT molecular complexity index is 1130. The van der Waals surface area contributed by atoms with Crippen molar-refractivity contribution in [2.24, 2.45) is 0 Å². The zero-order chi connectivity index (χ0) is 19.7. The summed E-state index contributed by atoms with van der Waals surface area (Å²) in [5.41, 5.74) is 3.83. The van der Waals surface area contributed by atoms with Gasteiger partial charge in [-0.1, -0.05) is 30.3 Å². The Morgan fingerprint density at radius 2 is 1.75 bits per heavy atom. The fourth-order valence-electron chi connectivity index (χ4n) is 3.26. The van der Waals surface area contributed by atoms with Crippen molar-refractivity contribution in [2.75, 3.05) is 0 Å². The van der Waals surface area contributed by atoms with Crippen LogP contribution in [0.5, 0.6) is 0 Å². The van der Waals surface area contributed by atoms with Gasteiger partial charge in [-0.15, -0.1) is 0 Å². The maximum atomic E-state index is 13.1. The Hall–Kier alpha value is -3.47. The maximum absolute atomic E-state index is 13.1. The number of nitrogens with zero attached hydrogens (tertiary/aromatic N) is 2. The van der Waals surface area contributed by atoms with Gasteiger partial charge in [0.05, 0.1) is 16.6 Å². The van der Waals surface area contributed by atoms with E-state index in [1.807, 2.05) is 47.9 Å². The number of hydrogen-bond acceptors (Lipinski definition) is 3. The summed E-state index contributed by atoms with van der Waals surface area (Å²) >= 11 is 0. The SMILES string of the molecule is Cc1nc2cc(C(=O)OC(C)c3ccc(F)cc3)ccc2n1-c1ccccc1. The summed E-state index contributed by atoms with van der Waals surface area (Å²) in [6, 6.07) is 21.2. The zero-order valence-corrected chi connectivity index (χ0v) is 15.6. The summed E-state index contributed by atoms with van der Waals surface area (Å²) in [7, 11) is 0. The van der Waals surface area contributed by atoms with Crippen LogP contribution in [-0.4, -0.2) is 15.5 Å². The van der Waals surface area contributed by atoms with Gasteiger partial charge in [-0.3, -0.25) is 4.57 Å². The normalized spacial score (nSPS) is 12.1. The largest absolute Gasteiger partial charge is 0.454 e. The van der Waals surface area contributed by atoms with Gasteiger partial charge in [-0.05, 0) is 61.9 Å². The summed E-state index contributed by atoms with van der Waals surface area (Å²) in [5.74, 6) is 0.0779. The number of imidazole rings is 1. The molecular formula is C23H19FN2O2. The van der Waals surface area contributed by atoms with Crippen molar-refractivity contribution >= 4 is 17.0 Å². The lowest BCUT2D eigenvalue weighted by molar-refractivity contribution is 0.0338. The van der Waals surface area contributed by atoms with Gasteiger partial charge in [0.1, 0.15) is 17.7 Å². The quantitative estimate of drug-likeness (QED) is 0.450. The molecule has 1 heterocycles. The molecule has 1 aromatic heterocycles. The topological polar surface area (TPSA) is 44.1 Å². The molecule has 0 aliphatic rings. The molecule has 3 aromatic carbocycles. The molecular weight excluding hydrogens is 355 g/mol.